The van der Waals surface area contributed by atoms with Crippen molar-refractivity contribution in [2.45, 2.75) is 31.5 Å². The number of hydrogen-bond acceptors (Lipinski definition) is 8. The average Bonchev–Trinajstić information content (AvgIpc) is 3.23. The first-order valence-corrected chi connectivity index (χ1v) is 8.48. The number of hydrogen-bond donors (Lipinski definition) is 1. The summed E-state index contributed by atoms with van der Waals surface area (Å²) in [6.07, 6.45) is -4.72. The molecule has 3 aromatic heterocycles. The highest BCUT2D eigenvalue weighted by Gasteiger charge is 2.36. The fraction of sp³-hybridized carbons (Fsp3) is 0.308. The van der Waals surface area contributed by atoms with Gasteiger partial charge in [0, 0.05) is 19.1 Å². The van der Waals surface area contributed by atoms with E-state index in [2.05, 4.69) is 24.5 Å². The van der Waals surface area contributed by atoms with Crippen molar-refractivity contribution in [1.82, 2.24) is 20.0 Å². The summed E-state index contributed by atoms with van der Waals surface area (Å²) in [5.41, 5.74) is -0.282. The summed E-state index contributed by atoms with van der Waals surface area (Å²) in [7, 11) is -4.03. The number of alkyl halides is 3. The summed E-state index contributed by atoms with van der Waals surface area (Å²) in [4.78, 5) is 3.59. The van der Waals surface area contributed by atoms with Gasteiger partial charge in [-0.3, -0.25) is 0 Å². The first kappa shape index (κ1) is 18.1. The van der Waals surface area contributed by atoms with Crippen molar-refractivity contribution < 1.29 is 35.1 Å². The third-order valence-corrected chi connectivity index (χ3v) is 4.70. The minimum atomic E-state index is -4.72. The lowest BCUT2D eigenvalue weighted by molar-refractivity contribution is -0.155. The van der Waals surface area contributed by atoms with Crippen molar-refractivity contribution in [1.29, 1.82) is 0 Å². The predicted molar refractivity (Wildman–Crippen MR) is 77.0 cm³/mol. The molecule has 0 amide bonds. The smallest absolute Gasteiger partial charge is 0.452 e. The fourth-order valence-electron chi connectivity index (χ4n) is 2.03. The number of halogens is 3. The molecule has 3 aromatic rings. The van der Waals surface area contributed by atoms with Crippen LogP contribution in [0.4, 0.5) is 13.2 Å². The third-order valence-electron chi connectivity index (χ3n) is 3.19. The molecule has 0 aromatic carbocycles. The Morgan fingerprint density at radius 3 is 2.46 bits per heavy atom. The zero-order chi connectivity index (χ0) is 19.1. The Morgan fingerprint density at radius 2 is 1.88 bits per heavy atom. The van der Waals surface area contributed by atoms with Crippen LogP contribution in [0.15, 0.2) is 30.5 Å². The fourth-order valence-corrected chi connectivity index (χ4v) is 3.19. The van der Waals surface area contributed by atoms with Crippen LogP contribution in [-0.4, -0.2) is 23.7 Å². The molecule has 0 saturated carbocycles. The normalized spacial score (nSPS) is 12.7. The van der Waals surface area contributed by atoms with Crippen LogP contribution in [-0.2, 0) is 22.7 Å². The molecule has 0 spiro atoms. The van der Waals surface area contributed by atoms with E-state index in [0.29, 0.717) is 6.07 Å². The molecule has 3 heterocycles. The van der Waals surface area contributed by atoms with E-state index in [9.17, 15) is 21.6 Å². The lowest BCUT2D eigenvalue weighted by Gasteiger charge is -2.02. The zero-order valence-electron chi connectivity index (χ0n) is 13.3. The van der Waals surface area contributed by atoms with E-state index in [1.54, 1.807) is 6.92 Å². The maximum absolute atomic E-state index is 12.6. The molecule has 0 aliphatic rings. The molecule has 0 unspecified atom stereocenters. The zero-order valence-corrected chi connectivity index (χ0v) is 14.1. The third kappa shape index (κ3) is 3.62. The van der Waals surface area contributed by atoms with Gasteiger partial charge in [0.2, 0.25) is 21.7 Å². The van der Waals surface area contributed by atoms with Crippen LogP contribution in [0.1, 0.15) is 23.2 Å². The molecule has 0 fully saturated rings. The van der Waals surface area contributed by atoms with E-state index in [4.69, 9.17) is 8.94 Å². The van der Waals surface area contributed by atoms with Crippen molar-refractivity contribution in [3.8, 4) is 11.5 Å². The van der Waals surface area contributed by atoms with Crippen molar-refractivity contribution in [2.24, 2.45) is 0 Å². The monoisotopic (exact) mass is 392 g/mol. The SMILES string of the molecule is Cc1nc(CNS(=O)(=O)c2cc(-c3cc(C(F)(F)F)on3)oc2C)no1. The number of sulfonamides is 1. The Morgan fingerprint density at radius 1 is 1.15 bits per heavy atom. The highest BCUT2D eigenvalue weighted by Crippen LogP contribution is 2.34. The van der Waals surface area contributed by atoms with E-state index in [0.717, 1.165) is 6.07 Å². The number of nitrogens with zero attached hydrogens (tertiary/aromatic N) is 3. The molecule has 0 saturated heterocycles. The summed E-state index contributed by atoms with van der Waals surface area (Å²) in [6, 6.07) is 1.67. The van der Waals surface area contributed by atoms with Gasteiger partial charge in [-0.05, 0) is 6.92 Å². The second-order valence-corrected chi connectivity index (χ2v) is 6.89. The molecule has 140 valence electrons. The highest BCUT2D eigenvalue weighted by molar-refractivity contribution is 7.89. The standard InChI is InChI=1S/C13H11F3N4O5S/c1-6-10(26(21,22)17-5-12-18-7(2)24-20-12)4-9(23-6)8-3-11(25-19-8)13(14,15)16/h3-4,17H,5H2,1-2H3. The molecule has 13 heteroatoms. The van der Waals surface area contributed by atoms with E-state index in [1.165, 1.54) is 6.92 Å². The number of aromatic nitrogens is 3. The Bertz CT molecular complexity index is 1030. The second-order valence-electron chi connectivity index (χ2n) is 5.16. The summed E-state index contributed by atoms with van der Waals surface area (Å²) in [6.45, 7) is 2.66. The highest BCUT2D eigenvalue weighted by atomic mass is 32.2. The number of nitrogens with one attached hydrogen (secondary N) is 1. The predicted octanol–water partition coefficient (Wildman–Crippen LogP) is 2.43. The van der Waals surface area contributed by atoms with Gasteiger partial charge in [-0.25, -0.2) is 13.1 Å². The molecule has 9 nitrogen and oxygen atoms in total. The van der Waals surface area contributed by atoms with Crippen LogP contribution in [0.25, 0.3) is 11.5 Å². The van der Waals surface area contributed by atoms with E-state index >= 15 is 0 Å². The van der Waals surface area contributed by atoms with Crippen LogP contribution in [0.2, 0.25) is 0 Å². The van der Waals surface area contributed by atoms with E-state index in [-0.39, 0.29) is 40.4 Å². The van der Waals surface area contributed by atoms with Crippen molar-refractivity contribution >= 4 is 10.0 Å². The number of aryl methyl sites for hydroxylation is 2. The minimum absolute atomic E-state index is 0.0339. The van der Waals surface area contributed by atoms with Crippen LogP contribution in [0.5, 0.6) is 0 Å². The first-order chi connectivity index (χ1) is 12.1. The van der Waals surface area contributed by atoms with Gasteiger partial charge >= 0.3 is 6.18 Å². The summed E-state index contributed by atoms with van der Waals surface area (Å²) in [5, 5.41) is 6.80. The lowest BCUT2D eigenvalue weighted by atomic mass is 10.3. The summed E-state index contributed by atoms with van der Waals surface area (Å²) >= 11 is 0. The summed E-state index contributed by atoms with van der Waals surface area (Å²) in [5.74, 6) is -1.14. The molecule has 0 radical (unpaired) electrons. The Labute approximate surface area is 144 Å². The van der Waals surface area contributed by atoms with Gasteiger partial charge in [-0.2, -0.15) is 18.2 Å². The van der Waals surface area contributed by atoms with Gasteiger partial charge in [0.1, 0.15) is 16.3 Å². The van der Waals surface area contributed by atoms with Crippen LogP contribution in [0, 0.1) is 13.8 Å². The largest absolute Gasteiger partial charge is 0.458 e. The van der Waals surface area contributed by atoms with Gasteiger partial charge in [0.05, 0.1) is 6.54 Å². The van der Waals surface area contributed by atoms with Crippen molar-refractivity contribution in [3.63, 3.8) is 0 Å². The summed E-state index contributed by atoms with van der Waals surface area (Å²) < 4.78 is 78.8. The molecule has 0 bridgehead atoms. The van der Waals surface area contributed by atoms with Crippen molar-refractivity contribution in [2.75, 3.05) is 0 Å². The number of furan rings is 1. The molecule has 1 N–H and O–H groups in total. The quantitative estimate of drug-likeness (QED) is 0.702. The van der Waals surface area contributed by atoms with E-state index < -0.39 is 22.0 Å². The molecule has 26 heavy (non-hydrogen) atoms. The Kier molecular flexibility index (Phi) is 4.36. The Hall–Kier alpha value is -2.67. The van der Waals surface area contributed by atoms with Gasteiger partial charge < -0.3 is 13.5 Å². The van der Waals surface area contributed by atoms with Gasteiger partial charge in [-0.15, -0.1) is 0 Å². The lowest BCUT2D eigenvalue weighted by Crippen LogP contribution is -2.24. The van der Waals surface area contributed by atoms with E-state index in [1.807, 2.05) is 0 Å². The topological polar surface area (TPSA) is 124 Å². The van der Waals surface area contributed by atoms with Crippen LogP contribution < -0.4 is 4.72 Å². The molecule has 0 atom stereocenters. The molecular formula is C13H11F3N4O5S. The second kappa shape index (κ2) is 6.25. The minimum Gasteiger partial charge on any atom is -0.458 e. The van der Waals surface area contributed by atoms with Crippen molar-refractivity contribution in [3.05, 3.63) is 35.4 Å². The van der Waals surface area contributed by atoms with Crippen LogP contribution >= 0.6 is 0 Å². The molecular weight excluding hydrogens is 381 g/mol. The average molecular weight is 392 g/mol. The molecule has 0 aliphatic carbocycles. The molecule has 0 aliphatic heterocycles. The number of rotatable bonds is 5. The first-order valence-electron chi connectivity index (χ1n) is 7.00. The van der Waals surface area contributed by atoms with Gasteiger partial charge in [0.15, 0.2) is 11.6 Å². The molecule has 3 rings (SSSR count). The maximum Gasteiger partial charge on any atom is 0.452 e. The van der Waals surface area contributed by atoms with Gasteiger partial charge in [0.25, 0.3) is 0 Å². The van der Waals surface area contributed by atoms with Crippen LogP contribution in [0.3, 0.4) is 0 Å². The maximum atomic E-state index is 12.6. The Balaban J connectivity index is 1.84. The van der Waals surface area contributed by atoms with Gasteiger partial charge in [-0.1, -0.05) is 10.3 Å².